The number of carbonyl (C=O) groups is 1. The van der Waals surface area contributed by atoms with Crippen LogP contribution in [-0.4, -0.2) is 45.6 Å². The fraction of sp³-hybridized carbons (Fsp3) is 0.471. The molecule has 0 unspecified atom stereocenters. The maximum Gasteiger partial charge on any atom is 0.416 e. The van der Waals surface area contributed by atoms with Crippen LogP contribution in [-0.2, 0) is 24.0 Å². The van der Waals surface area contributed by atoms with Gasteiger partial charge in [0.1, 0.15) is 0 Å². The summed E-state index contributed by atoms with van der Waals surface area (Å²) < 4.78 is 45.4. The molecule has 2 aromatic rings. The standard InChI is InChI=1S/C17H19F3N4O2/c1-23(9-12-4-2-5-13(8-12)17(18,19)20)16(25)15-11-24(22-21-15)10-14-6-3-7-26-14/h2,4-5,8,11,14H,3,6-7,9-10H2,1H3/t14-/m0/s1. The number of nitrogens with zero attached hydrogens (tertiary/aromatic N) is 4. The summed E-state index contributed by atoms with van der Waals surface area (Å²) in [7, 11) is 1.52. The number of ether oxygens (including phenoxy) is 1. The van der Waals surface area contributed by atoms with Gasteiger partial charge in [-0.2, -0.15) is 13.2 Å². The number of amides is 1. The van der Waals surface area contributed by atoms with Crippen molar-refractivity contribution in [2.75, 3.05) is 13.7 Å². The summed E-state index contributed by atoms with van der Waals surface area (Å²) in [4.78, 5) is 13.8. The van der Waals surface area contributed by atoms with Gasteiger partial charge in [0.05, 0.1) is 24.4 Å². The van der Waals surface area contributed by atoms with E-state index in [2.05, 4.69) is 10.3 Å². The lowest BCUT2D eigenvalue weighted by Crippen LogP contribution is -2.26. The molecule has 0 N–H and O–H groups in total. The van der Waals surface area contributed by atoms with Gasteiger partial charge >= 0.3 is 6.18 Å². The summed E-state index contributed by atoms with van der Waals surface area (Å²) in [6, 6.07) is 4.92. The van der Waals surface area contributed by atoms with Gasteiger partial charge in [-0.25, -0.2) is 4.68 Å². The van der Waals surface area contributed by atoms with Crippen LogP contribution in [0.4, 0.5) is 13.2 Å². The molecule has 9 heteroatoms. The van der Waals surface area contributed by atoms with Crippen LogP contribution in [0.25, 0.3) is 0 Å². The molecule has 1 aromatic carbocycles. The maximum absolute atomic E-state index is 12.8. The second kappa shape index (κ2) is 7.45. The van der Waals surface area contributed by atoms with Crippen LogP contribution in [0.1, 0.15) is 34.5 Å². The zero-order valence-corrected chi connectivity index (χ0v) is 14.2. The third kappa shape index (κ3) is 4.40. The van der Waals surface area contributed by atoms with Gasteiger partial charge in [-0.05, 0) is 30.5 Å². The molecule has 140 valence electrons. The van der Waals surface area contributed by atoms with Crippen molar-refractivity contribution in [3.63, 3.8) is 0 Å². The quantitative estimate of drug-likeness (QED) is 0.814. The Morgan fingerprint density at radius 2 is 2.23 bits per heavy atom. The number of halogens is 3. The van der Waals surface area contributed by atoms with E-state index in [-0.39, 0.29) is 18.3 Å². The number of carbonyl (C=O) groups excluding carboxylic acids is 1. The summed E-state index contributed by atoms with van der Waals surface area (Å²) >= 11 is 0. The molecule has 0 bridgehead atoms. The van der Waals surface area contributed by atoms with E-state index in [0.717, 1.165) is 31.6 Å². The van der Waals surface area contributed by atoms with E-state index >= 15 is 0 Å². The molecule has 1 atom stereocenters. The van der Waals surface area contributed by atoms with Crippen molar-refractivity contribution in [1.82, 2.24) is 19.9 Å². The van der Waals surface area contributed by atoms with Crippen molar-refractivity contribution in [1.29, 1.82) is 0 Å². The average Bonchev–Trinajstić information content (AvgIpc) is 3.26. The highest BCUT2D eigenvalue weighted by Gasteiger charge is 2.30. The first-order valence-electron chi connectivity index (χ1n) is 8.26. The normalized spacial score (nSPS) is 17.5. The van der Waals surface area contributed by atoms with Gasteiger partial charge < -0.3 is 9.64 Å². The van der Waals surface area contributed by atoms with Crippen molar-refractivity contribution in [3.8, 4) is 0 Å². The molecule has 3 rings (SSSR count). The molecule has 1 amide bonds. The number of alkyl halides is 3. The first-order chi connectivity index (χ1) is 12.3. The van der Waals surface area contributed by atoms with Crippen molar-refractivity contribution in [2.24, 2.45) is 0 Å². The molecule has 1 saturated heterocycles. The van der Waals surface area contributed by atoms with Gasteiger partial charge in [0.2, 0.25) is 0 Å². The van der Waals surface area contributed by atoms with E-state index in [4.69, 9.17) is 4.74 Å². The van der Waals surface area contributed by atoms with E-state index in [1.807, 2.05) is 0 Å². The molecule has 1 aliphatic rings. The predicted molar refractivity (Wildman–Crippen MR) is 86.2 cm³/mol. The van der Waals surface area contributed by atoms with E-state index in [0.29, 0.717) is 12.1 Å². The predicted octanol–water partition coefficient (Wildman–Crippen LogP) is 2.75. The Balaban J connectivity index is 1.63. The number of benzene rings is 1. The van der Waals surface area contributed by atoms with Gasteiger partial charge in [-0.3, -0.25) is 4.79 Å². The second-order valence-corrected chi connectivity index (χ2v) is 6.32. The minimum absolute atomic E-state index is 0.0430. The van der Waals surface area contributed by atoms with Crippen LogP contribution < -0.4 is 0 Å². The molecule has 0 saturated carbocycles. The van der Waals surface area contributed by atoms with Gasteiger partial charge in [0.25, 0.3) is 5.91 Å². The van der Waals surface area contributed by atoms with Crippen molar-refractivity contribution in [3.05, 3.63) is 47.3 Å². The smallest absolute Gasteiger partial charge is 0.376 e. The third-order valence-corrected chi connectivity index (χ3v) is 4.19. The summed E-state index contributed by atoms with van der Waals surface area (Å²) in [5, 5.41) is 7.79. The zero-order chi connectivity index (χ0) is 18.7. The van der Waals surface area contributed by atoms with Crippen molar-refractivity contribution in [2.45, 2.75) is 38.2 Å². The molecule has 0 radical (unpaired) electrons. The second-order valence-electron chi connectivity index (χ2n) is 6.32. The lowest BCUT2D eigenvalue weighted by atomic mass is 10.1. The molecule has 1 fully saturated rings. The average molecular weight is 368 g/mol. The molecule has 1 aromatic heterocycles. The van der Waals surface area contributed by atoms with Crippen LogP contribution in [0.15, 0.2) is 30.5 Å². The number of rotatable bonds is 5. The van der Waals surface area contributed by atoms with Crippen LogP contribution >= 0.6 is 0 Å². The molecule has 1 aliphatic heterocycles. The minimum atomic E-state index is -4.41. The first kappa shape index (κ1) is 18.4. The monoisotopic (exact) mass is 368 g/mol. The lowest BCUT2D eigenvalue weighted by molar-refractivity contribution is -0.137. The van der Waals surface area contributed by atoms with E-state index in [1.165, 1.54) is 24.2 Å². The van der Waals surface area contributed by atoms with Crippen LogP contribution in [0.2, 0.25) is 0 Å². The Morgan fingerprint density at radius 3 is 2.92 bits per heavy atom. The Morgan fingerprint density at radius 1 is 1.42 bits per heavy atom. The number of hydrogen-bond acceptors (Lipinski definition) is 4. The highest BCUT2D eigenvalue weighted by Crippen LogP contribution is 2.29. The number of aromatic nitrogens is 3. The Kier molecular flexibility index (Phi) is 5.26. The summed E-state index contributed by atoms with van der Waals surface area (Å²) in [6.07, 6.45) is -0.859. The highest BCUT2D eigenvalue weighted by molar-refractivity contribution is 5.91. The molecule has 2 heterocycles. The molecular weight excluding hydrogens is 349 g/mol. The van der Waals surface area contributed by atoms with Crippen molar-refractivity contribution >= 4 is 5.91 Å². The van der Waals surface area contributed by atoms with E-state index < -0.39 is 17.6 Å². The molecule has 0 spiro atoms. The van der Waals surface area contributed by atoms with Crippen LogP contribution in [0.5, 0.6) is 0 Å². The summed E-state index contributed by atoms with van der Waals surface area (Å²) in [5.41, 5.74) is -0.196. The molecule has 6 nitrogen and oxygen atoms in total. The first-order valence-corrected chi connectivity index (χ1v) is 8.26. The Hall–Kier alpha value is -2.42. The van der Waals surface area contributed by atoms with Gasteiger partial charge in [0, 0.05) is 20.2 Å². The molecular formula is C17H19F3N4O2. The van der Waals surface area contributed by atoms with Crippen molar-refractivity contribution < 1.29 is 22.7 Å². The maximum atomic E-state index is 12.8. The lowest BCUT2D eigenvalue weighted by Gasteiger charge is -2.16. The fourth-order valence-corrected chi connectivity index (χ4v) is 2.87. The Labute approximate surface area is 148 Å². The van der Waals surface area contributed by atoms with E-state index in [9.17, 15) is 18.0 Å². The van der Waals surface area contributed by atoms with Gasteiger partial charge in [-0.1, -0.05) is 17.3 Å². The van der Waals surface area contributed by atoms with Gasteiger partial charge in [0.15, 0.2) is 5.69 Å². The van der Waals surface area contributed by atoms with Crippen LogP contribution in [0.3, 0.4) is 0 Å². The third-order valence-electron chi connectivity index (χ3n) is 4.19. The SMILES string of the molecule is CN(Cc1cccc(C(F)(F)F)c1)C(=O)c1cn(C[C@@H]2CCCO2)nn1. The molecule has 0 aliphatic carbocycles. The number of hydrogen-bond donors (Lipinski definition) is 0. The Bertz CT molecular complexity index is 769. The van der Waals surface area contributed by atoms with Gasteiger partial charge in [-0.15, -0.1) is 5.10 Å². The van der Waals surface area contributed by atoms with Crippen LogP contribution in [0, 0.1) is 0 Å². The largest absolute Gasteiger partial charge is 0.416 e. The van der Waals surface area contributed by atoms with E-state index in [1.54, 1.807) is 10.7 Å². The topological polar surface area (TPSA) is 60.2 Å². The zero-order valence-electron chi connectivity index (χ0n) is 14.2. The highest BCUT2D eigenvalue weighted by atomic mass is 19.4. The summed E-state index contributed by atoms with van der Waals surface area (Å²) in [6.45, 7) is 1.30. The summed E-state index contributed by atoms with van der Waals surface area (Å²) in [5.74, 6) is -0.402. The molecule has 26 heavy (non-hydrogen) atoms. The minimum Gasteiger partial charge on any atom is -0.376 e. The fourth-order valence-electron chi connectivity index (χ4n) is 2.87.